The molecule has 6 nitrogen and oxygen atoms in total. The van der Waals surface area contributed by atoms with E-state index < -0.39 is 4.92 Å². The number of benzene rings is 3. The fraction of sp³-hybridized carbons (Fsp3) is 0. The van der Waals surface area contributed by atoms with Crippen LogP contribution in [0.15, 0.2) is 91.7 Å². The summed E-state index contributed by atoms with van der Waals surface area (Å²) in [5.74, 6) is 2.46. The smallest absolute Gasteiger partial charge is 0.270 e. The molecule has 0 spiro atoms. The zero-order valence-corrected chi connectivity index (χ0v) is 15.9. The Labute approximate surface area is 172 Å². The lowest BCUT2D eigenvalue weighted by molar-refractivity contribution is -0.416. The molecule has 146 valence electrons. The number of hydrogen-bond donors (Lipinski definition) is 0. The highest BCUT2D eigenvalue weighted by Gasteiger charge is 2.35. The summed E-state index contributed by atoms with van der Waals surface area (Å²) in [4.78, 5) is 13.0. The number of allylic oxidation sites excluding steroid dienone is 3. The fourth-order valence-electron chi connectivity index (χ4n) is 3.75. The van der Waals surface area contributed by atoms with Gasteiger partial charge in [-0.1, -0.05) is 36.9 Å². The van der Waals surface area contributed by atoms with Gasteiger partial charge in [0, 0.05) is 0 Å². The maximum absolute atomic E-state index is 11.4. The first-order valence-corrected chi connectivity index (χ1v) is 9.27. The normalized spacial score (nSPS) is 13.2. The third-order valence-corrected chi connectivity index (χ3v) is 5.04. The van der Waals surface area contributed by atoms with Gasteiger partial charge in [-0.3, -0.25) is 15.0 Å². The van der Waals surface area contributed by atoms with Crippen LogP contribution in [0.2, 0.25) is 0 Å². The molecule has 5 rings (SSSR count). The Morgan fingerprint density at radius 3 is 1.97 bits per heavy atom. The van der Waals surface area contributed by atoms with Crippen molar-refractivity contribution in [3.8, 4) is 23.0 Å². The van der Waals surface area contributed by atoms with Crippen LogP contribution >= 0.6 is 0 Å². The molecule has 2 aliphatic rings. The van der Waals surface area contributed by atoms with Crippen molar-refractivity contribution in [3.05, 3.63) is 107 Å². The summed E-state index contributed by atoms with van der Waals surface area (Å²) < 4.78 is 12.3. The molecule has 0 bridgehead atoms. The number of nitro groups is 1. The Hall–Kier alpha value is -4.32. The maximum Gasteiger partial charge on any atom is 0.270 e. The van der Waals surface area contributed by atoms with E-state index in [9.17, 15) is 10.1 Å². The van der Waals surface area contributed by atoms with E-state index in [1.807, 2.05) is 48.5 Å². The van der Waals surface area contributed by atoms with E-state index >= 15 is 0 Å². The quantitative estimate of drug-likeness (QED) is 0.191. The summed E-state index contributed by atoms with van der Waals surface area (Å²) in [5, 5.41) is 11.4. The molecule has 0 fully saturated rings. The molecule has 0 aliphatic carbocycles. The first-order valence-electron chi connectivity index (χ1n) is 9.27. The number of fused-ring (bicyclic) bond motifs is 4. The second-order valence-electron chi connectivity index (χ2n) is 6.82. The van der Waals surface area contributed by atoms with Crippen LogP contribution < -0.4 is 14.4 Å². The van der Waals surface area contributed by atoms with Gasteiger partial charge in [0.15, 0.2) is 23.0 Å². The molecule has 0 N–H and O–H groups in total. The van der Waals surface area contributed by atoms with Crippen LogP contribution in [0.1, 0.15) is 5.56 Å². The lowest BCUT2D eigenvalue weighted by Gasteiger charge is -2.38. The molecule has 0 saturated carbocycles. The molecule has 0 radical (unpaired) electrons. The van der Waals surface area contributed by atoms with Crippen LogP contribution in [0, 0.1) is 10.1 Å². The molecule has 0 atom stereocenters. The Bertz CT molecular complexity index is 1210. The first kappa shape index (κ1) is 17.8. The predicted molar refractivity (Wildman–Crippen MR) is 116 cm³/mol. The van der Waals surface area contributed by atoms with Crippen LogP contribution in [-0.4, -0.2) is 4.92 Å². The number of ether oxygens (including phenoxy) is 2. The lowest BCUT2D eigenvalue weighted by Crippen LogP contribution is -2.20. The minimum atomic E-state index is -0.515. The van der Waals surface area contributed by atoms with E-state index in [0.29, 0.717) is 34.1 Å². The van der Waals surface area contributed by atoms with Gasteiger partial charge in [0.25, 0.3) is 5.70 Å². The molecular weight excluding hydrogens is 380 g/mol. The van der Waals surface area contributed by atoms with E-state index in [1.54, 1.807) is 18.2 Å². The van der Waals surface area contributed by atoms with E-state index in [4.69, 9.17) is 9.47 Å². The minimum absolute atomic E-state index is 0.230. The zero-order chi connectivity index (χ0) is 20.8. The second kappa shape index (κ2) is 6.63. The van der Waals surface area contributed by atoms with Crippen molar-refractivity contribution in [1.82, 2.24) is 0 Å². The van der Waals surface area contributed by atoms with Gasteiger partial charge in [-0.25, -0.2) is 0 Å². The van der Waals surface area contributed by atoms with E-state index in [-0.39, 0.29) is 5.70 Å². The topological polar surface area (TPSA) is 64.8 Å². The van der Waals surface area contributed by atoms with Crippen LogP contribution in [0.4, 0.5) is 17.1 Å². The van der Waals surface area contributed by atoms with Gasteiger partial charge in [-0.05, 0) is 54.6 Å². The summed E-state index contributed by atoms with van der Waals surface area (Å²) in [7, 11) is 0. The van der Waals surface area contributed by atoms with E-state index in [1.165, 1.54) is 6.08 Å². The molecule has 0 saturated heterocycles. The maximum atomic E-state index is 11.4. The van der Waals surface area contributed by atoms with Gasteiger partial charge < -0.3 is 9.47 Å². The number of anilines is 3. The van der Waals surface area contributed by atoms with Crippen LogP contribution in [-0.2, 0) is 0 Å². The highest BCUT2D eigenvalue weighted by atomic mass is 16.6. The third-order valence-electron chi connectivity index (χ3n) is 5.04. The van der Waals surface area contributed by atoms with Gasteiger partial charge in [-0.2, -0.15) is 0 Å². The standard InChI is InChI=1S/C24H16N2O4/c1-3-8-17(15(2)26(27)28)16-13-22-24-23(14-16)30-21-12-7-5-10-19(21)25(24)18-9-4-6-11-20(18)29-22/h3-14H,1-2H2/b17-8+. The number of hydrogen-bond acceptors (Lipinski definition) is 5. The van der Waals surface area contributed by atoms with Gasteiger partial charge in [0.05, 0.1) is 21.9 Å². The van der Waals surface area contributed by atoms with Gasteiger partial charge in [0.2, 0.25) is 0 Å². The Morgan fingerprint density at radius 1 is 0.933 bits per heavy atom. The monoisotopic (exact) mass is 396 g/mol. The van der Waals surface area contributed by atoms with Gasteiger partial charge in [0.1, 0.15) is 5.69 Å². The van der Waals surface area contributed by atoms with Crippen molar-refractivity contribution >= 4 is 22.6 Å². The molecule has 0 unspecified atom stereocenters. The van der Waals surface area contributed by atoms with Crippen molar-refractivity contribution in [3.63, 3.8) is 0 Å². The van der Waals surface area contributed by atoms with Gasteiger partial charge >= 0.3 is 0 Å². The van der Waals surface area contributed by atoms with Gasteiger partial charge in [-0.15, -0.1) is 0 Å². The summed E-state index contributed by atoms with van der Waals surface area (Å²) >= 11 is 0. The lowest BCUT2D eigenvalue weighted by atomic mass is 9.99. The molecule has 3 aromatic carbocycles. The van der Waals surface area contributed by atoms with E-state index in [0.717, 1.165) is 17.1 Å². The average molecular weight is 396 g/mol. The molecule has 2 heterocycles. The summed E-state index contributed by atoms with van der Waals surface area (Å²) in [6.07, 6.45) is 3.05. The molecule has 3 aromatic rings. The van der Waals surface area contributed by atoms with Crippen LogP contribution in [0.3, 0.4) is 0 Å². The van der Waals surface area contributed by atoms with Crippen molar-refractivity contribution in [2.75, 3.05) is 4.90 Å². The Balaban J connectivity index is 1.76. The fourth-order valence-corrected chi connectivity index (χ4v) is 3.75. The van der Waals surface area contributed by atoms with Crippen LogP contribution in [0.5, 0.6) is 23.0 Å². The largest absolute Gasteiger partial charge is 0.453 e. The van der Waals surface area contributed by atoms with Crippen molar-refractivity contribution < 1.29 is 14.4 Å². The van der Waals surface area contributed by atoms with Crippen molar-refractivity contribution in [2.24, 2.45) is 0 Å². The zero-order valence-electron chi connectivity index (χ0n) is 15.9. The average Bonchev–Trinajstić information content (AvgIpc) is 2.76. The molecule has 0 amide bonds. The number of para-hydroxylation sites is 4. The summed E-state index contributed by atoms with van der Waals surface area (Å²) in [6, 6.07) is 19.0. The molecule has 6 heteroatoms. The summed E-state index contributed by atoms with van der Waals surface area (Å²) in [5.41, 5.74) is 3.21. The van der Waals surface area contributed by atoms with Crippen LogP contribution in [0.25, 0.3) is 5.57 Å². The number of nitrogens with zero attached hydrogens (tertiary/aromatic N) is 2. The highest BCUT2D eigenvalue weighted by molar-refractivity contribution is 5.95. The highest BCUT2D eigenvalue weighted by Crippen LogP contribution is 2.60. The second-order valence-corrected chi connectivity index (χ2v) is 6.82. The first-order chi connectivity index (χ1) is 14.6. The Kier molecular flexibility index (Phi) is 3.93. The van der Waals surface area contributed by atoms with Crippen molar-refractivity contribution in [2.45, 2.75) is 0 Å². The molecule has 30 heavy (non-hydrogen) atoms. The van der Waals surface area contributed by atoms with Crippen molar-refractivity contribution in [1.29, 1.82) is 0 Å². The SMILES string of the molecule is C=C/C=C(\C(=C)[N+](=O)[O-])c1cc2c3c(c1)Oc1ccccc1N3c1ccccc1O2. The number of rotatable bonds is 4. The predicted octanol–water partition coefficient (Wildman–Crippen LogP) is 6.73. The molecular formula is C24H16N2O4. The molecule has 2 aliphatic heterocycles. The Morgan fingerprint density at radius 2 is 1.47 bits per heavy atom. The summed E-state index contributed by atoms with van der Waals surface area (Å²) in [6.45, 7) is 7.28. The molecule has 0 aromatic heterocycles. The third kappa shape index (κ3) is 2.58. The minimum Gasteiger partial charge on any atom is -0.453 e. The van der Waals surface area contributed by atoms with E-state index in [2.05, 4.69) is 18.1 Å².